The lowest BCUT2D eigenvalue weighted by molar-refractivity contribution is -0.117. The van der Waals surface area contributed by atoms with Crippen LogP contribution in [0, 0.1) is 20.8 Å². The zero-order valence-electron chi connectivity index (χ0n) is 7.92. The third-order valence-electron chi connectivity index (χ3n) is 1.78. The number of nitrogens with one attached hydrogen (secondary N) is 1. The van der Waals surface area contributed by atoms with E-state index >= 15 is 0 Å². The van der Waals surface area contributed by atoms with Crippen molar-refractivity contribution in [2.45, 2.75) is 6.92 Å². The molecule has 1 aromatic rings. The van der Waals surface area contributed by atoms with Crippen molar-refractivity contribution in [3.05, 3.63) is 26.8 Å². The van der Waals surface area contributed by atoms with Gasteiger partial charge in [0.05, 0.1) is 16.8 Å². The van der Waals surface area contributed by atoms with E-state index in [1.54, 1.807) is 12.1 Å². The molecule has 0 radical (unpaired) electrons. The van der Waals surface area contributed by atoms with Crippen LogP contribution in [0.3, 0.4) is 0 Å². The lowest BCUT2D eigenvalue weighted by Crippen LogP contribution is -2.19. The number of amides is 1. The third kappa shape index (κ3) is 3.36. The van der Waals surface area contributed by atoms with Gasteiger partial charge in [-0.2, -0.15) is 5.26 Å². The highest BCUT2D eigenvalue weighted by molar-refractivity contribution is 14.1. The monoisotopic (exact) mass is 334 g/mol. The maximum Gasteiger partial charge on any atom is 0.241 e. The minimum Gasteiger partial charge on any atom is -0.324 e. The zero-order valence-corrected chi connectivity index (χ0v) is 10.8. The number of carbonyl (C=O) groups excluding carboxylic acids is 1. The molecule has 78 valence electrons. The number of carbonyl (C=O) groups is 1. The van der Waals surface area contributed by atoms with Gasteiger partial charge in [-0.25, -0.2) is 0 Å². The van der Waals surface area contributed by atoms with Crippen LogP contribution in [0.25, 0.3) is 0 Å². The number of nitriles is 1. The smallest absolute Gasteiger partial charge is 0.241 e. The van der Waals surface area contributed by atoms with Crippen LogP contribution in [-0.2, 0) is 4.79 Å². The standard InChI is InChI=1S/C10H8ClIN2O/c1-6(5-13)10(15)14-9-3-2-7(12)4-8(9)11/h2-4,6H,1H3,(H,14,15). The SMILES string of the molecule is CC(C#N)C(=O)Nc1ccc(I)cc1Cl. The fourth-order valence-electron chi connectivity index (χ4n) is 0.890. The average Bonchev–Trinajstić information content (AvgIpc) is 2.20. The Kier molecular flexibility index (Phi) is 4.36. The first kappa shape index (κ1) is 12.3. The molecule has 0 fully saturated rings. The molecule has 0 spiro atoms. The molecule has 1 N–H and O–H groups in total. The van der Waals surface area contributed by atoms with Gasteiger partial charge in [0.25, 0.3) is 0 Å². The second kappa shape index (κ2) is 5.33. The third-order valence-corrected chi connectivity index (χ3v) is 2.76. The number of rotatable bonds is 2. The van der Waals surface area contributed by atoms with Gasteiger partial charge in [-0.1, -0.05) is 11.6 Å². The first-order chi connectivity index (χ1) is 7.04. The number of halogens is 2. The van der Waals surface area contributed by atoms with Crippen molar-refractivity contribution in [3.63, 3.8) is 0 Å². The highest BCUT2D eigenvalue weighted by atomic mass is 127. The molecule has 0 aliphatic carbocycles. The molecule has 0 heterocycles. The van der Waals surface area contributed by atoms with Crippen LogP contribution in [-0.4, -0.2) is 5.91 Å². The maximum absolute atomic E-state index is 11.4. The molecule has 1 rings (SSSR count). The molecule has 0 aliphatic rings. The Morgan fingerprint density at radius 3 is 2.87 bits per heavy atom. The molecule has 15 heavy (non-hydrogen) atoms. The normalized spacial score (nSPS) is 11.6. The van der Waals surface area contributed by atoms with Crippen LogP contribution in [0.5, 0.6) is 0 Å². The summed E-state index contributed by atoms with van der Waals surface area (Å²) in [5.41, 5.74) is 0.532. The van der Waals surface area contributed by atoms with Gasteiger partial charge in [0.1, 0.15) is 5.92 Å². The number of benzene rings is 1. The largest absolute Gasteiger partial charge is 0.324 e. The van der Waals surface area contributed by atoms with Crippen molar-refractivity contribution in [1.82, 2.24) is 0 Å². The molecule has 1 amide bonds. The molecule has 5 heteroatoms. The van der Waals surface area contributed by atoms with Crippen LogP contribution >= 0.6 is 34.2 Å². The highest BCUT2D eigenvalue weighted by Gasteiger charge is 2.12. The summed E-state index contributed by atoms with van der Waals surface area (Å²) in [4.78, 5) is 11.4. The van der Waals surface area contributed by atoms with Gasteiger partial charge in [0.15, 0.2) is 0 Å². The van der Waals surface area contributed by atoms with Gasteiger partial charge < -0.3 is 5.32 Å². The molecule has 1 unspecified atom stereocenters. The summed E-state index contributed by atoms with van der Waals surface area (Å²) in [5.74, 6) is -1.03. The molecule has 0 saturated heterocycles. The molecule has 1 atom stereocenters. The fraction of sp³-hybridized carbons (Fsp3) is 0.200. The van der Waals surface area contributed by atoms with Crippen LogP contribution in [0.15, 0.2) is 18.2 Å². The topological polar surface area (TPSA) is 52.9 Å². The lowest BCUT2D eigenvalue weighted by atomic mass is 10.2. The zero-order chi connectivity index (χ0) is 11.4. The number of hydrogen-bond acceptors (Lipinski definition) is 2. The Bertz CT molecular complexity index is 428. The Morgan fingerprint density at radius 1 is 1.67 bits per heavy atom. The van der Waals surface area contributed by atoms with Crippen molar-refractivity contribution < 1.29 is 4.79 Å². The molecule has 0 aromatic heterocycles. The van der Waals surface area contributed by atoms with Gasteiger partial charge in [0.2, 0.25) is 5.91 Å². The van der Waals surface area contributed by atoms with E-state index in [-0.39, 0.29) is 5.91 Å². The van der Waals surface area contributed by atoms with Gasteiger partial charge in [-0.3, -0.25) is 4.79 Å². The Labute approximate surface area is 107 Å². The maximum atomic E-state index is 11.4. The van der Waals surface area contributed by atoms with Crippen LogP contribution < -0.4 is 5.32 Å². The van der Waals surface area contributed by atoms with Gasteiger partial charge >= 0.3 is 0 Å². The Morgan fingerprint density at radius 2 is 2.33 bits per heavy atom. The van der Waals surface area contributed by atoms with E-state index in [1.165, 1.54) is 6.92 Å². The van der Waals surface area contributed by atoms with Crippen molar-refractivity contribution in [1.29, 1.82) is 5.26 Å². The van der Waals surface area contributed by atoms with E-state index in [0.717, 1.165) is 3.57 Å². The van der Waals surface area contributed by atoms with Crippen molar-refractivity contribution in [3.8, 4) is 6.07 Å². The summed E-state index contributed by atoms with van der Waals surface area (Å²) in [6, 6.07) is 7.15. The fourth-order valence-corrected chi connectivity index (χ4v) is 1.79. The van der Waals surface area contributed by atoms with E-state index in [9.17, 15) is 4.79 Å². The molecule has 0 bridgehead atoms. The summed E-state index contributed by atoms with van der Waals surface area (Å²) in [6.45, 7) is 1.54. The average molecular weight is 335 g/mol. The molecule has 1 aromatic carbocycles. The van der Waals surface area contributed by atoms with Crippen LogP contribution in [0.2, 0.25) is 5.02 Å². The Hall–Kier alpha value is -0.800. The minimum absolute atomic E-state index is 0.347. The molecule has 3 nitrogen and oxygen atoms in total. The second-order valence-electron chi connectivity index (χ2n) is 2.96. The highest BCUT2D eigenvalue weighted by Crippen LogP contribution is 2.24. The first-order valence-corrected chi connectivity index (χ1v) is 5.66. The predicted molar refractivity (Wildman–Crippen MR) is 67.6 cm³/mol. The van der Waals surface area contributed by atoms with Gasteiger partial charge in [-0.15, -0.1) is 0 Å². The number of anilines is 1. The van der Waals surface area contributed by atoms with Crippen molar-refractivity contribution in [2.24, 2.45) is 5.92 Å². The van der Waals surface area contributed by atoms with Crippen molar-refractivity contribution in [2.75, 3.05) is 5.32 Å². The minimum atomic E-state index is -0.680. The summed E-state index contributed by atoms with van der Waals surface area (Å²) < 4.78 is 0.990. The van der Waals surface area contributed by atoms with E-state index in [1.807, 2.05) is 12.1 Å². The van der Waals surface area contributed by atoms with Crippen LogP contribution in [0.1, 0.15) is 6.92 Å². The first-order valence-electron chi connectivity index (χ1n) is 4.20. The van der Waals surface area contributed by atoms with Crippen LogP contribution in [0.4, 0.5) is 5.69 Å². The van der Waals surface area contributed by atoms with Gasteiger partial charge in [0, 0.05) is 3.57 Å². The lowest BCUT2D eigenvalue weighted by Gasteiger charge is -2.08. The Balaban J connectivity index is 2.82. The summed E-state index contributed by atoms with van der Waals surface area (Å²) in [7, 11) is 0. The predicted octanol–water partition coefficient (Wildman–Crippen LogP) is 3.04. The summed E-state index contributed by atoms with van der Waals surface area (Å²) >= 11 is 8.05. The summed E-state index contributed by atoms with van der Waals surface area (Å²) in [6.07, 6.45) is 0. The number of nitrogens with zero attached hydrogens (tertiary/aromatic N) is 1. The van der Waals surface area contributed by atoms with E-state index in [4.69, 9.17) is 16.9 Å². The number of hydrogen-bond donors (Lipinski definition) is 1. The van der Waals surface area contributed by atoms with Gasteiger partial charge in [-0.05, 0) is 47.7 Å². The molecular weight excluding hydrogens is 326 g/mol. The van der Waals surface area contributed by atoms with E-state index in [0.29, 0.717) is 10.7 Å². The molecule has 0 aliphatic heterocycles. The molecule has 0 saturated carbocycles. The second-order valence-corrected chi connectivity index (χ2v) is 4.62. The summed E-state index contributed by atoms with van der Waals surface area (Å²) in [5, 5.41) is 11.6. The van der Waals surface area contributed by atoms with E-state index in [2.05, 4.69) is 27.9 Å². The van der Waals surface area contributed by atoms with E-state index < -0.39 is 5.92 Å². The molecular formula is C10H8ClIN2O. The van der Waals surface area contributed by atoms with Crippen molar-refractivity contribution >= 4 is 45.8 Å². The quantitative estimate of drug-likeness (QED) is 0.845.